The number of allylic oxidation sites excluding steroid dienone is 8. The van der Waals surface area contributed by atoms with Crippen LogP contribution in [0.1, 0.15) is 226 Å². The molecule has 0 aromatic heterocycles. The molecule has 2 heterocycles. The van der Waals surface area contributed by atoms with E-state index in [0.29, 0.717) is 12.8 Å². The molecular formula is C60H106O15. The Hall–Kier alpha value is -2.54. The fraction of sp³-hybridized carbons (Fsp3) is 0.833. The maximum absolute atomic E-state index is 13.1. The van der Waals surface area contributed by atoms with Gasteiger partial charge in [0.05, 0.1) is 19.8 Å². The second-order valence-corrected chi connectivity index (χ2v) is 20.8. The van der Waals surface area contributed by atoms with Crippen molar-refractivity contribution < 1.29 is 73.8 Å². The van der Waals surface area contributed by atoms with E-state index in [1.807, 2.05) is 0 Å². The fourth-order valence-corrected chi connectivity index (χ4v) is 9.27. The topological polar surface area (TPSA) is 231 Å². The van der Waals surface area contributed by atoms with Crippen LogP contribution in [0.4, 0.5) is 0 Å². The Kier molecular flexibility index (Phi) is 42.4. The molecule has 75 heavy (non-hydrogen) atoms. The molecule has 0 amide bonds. The van der Waals surface area contributed by atoms with Gasteiger partial charge in [-0.2, -0.15) is 0 Å². The smallest absolute Gasteiger partial charge is 0.306 e. The highest BCUT2D eigenvalue weighted by atomic mass is 16.7. The molecule has 2 aliphatic rings. The summed E-state index contributed by atoms with van der Waals surface area (Å²) in [5.41, 5.74) is 0. The van der Waals surface area contributed by atoms with Crippen molar-refractivity contribution in [2.24, 2.45) is 0 Å². The Balaban J connectivity index is 1.74. The van der Waals surface area contributed by atoms with E-state index in [0.717, 1.165) is 70.6 Å². The van der Waals surface area contributed by atoms with E-state index in [-0.39, 0.29) is 19.4 Å². The Bertz CT molecular complexity index is 1490. The van der Waals surface area contributed by atoms with Gasteiger partial charge >= 0.3 is 11.9 Å². The van der Waals surface area contributed by atoms with Gasteiger partial charge in [-0.25, -0.2) is 0 Å². The number of hydrogen-bond donors (Lipinski definition) is 7. The SMILES string of the molecule is CC/C=C\C/C=C\C/C=C\C/C=C\CCCCCCC(=O)OC(COC(=O)CCCCCCCCCCCCCCCCCCCCCCCC)COC1OC(COC2OC(CO)C(O)C(O)C2O)C(O)C(O)C1O. The average Bonchev–Trinajstić information content (AvgIpc) is 3.40. The lowest BCUT2D eigenvalue weighted by Gasteiger charge is -2.42. The molecule has 2 saturated heterocycles. The standard InChI is InChI=1S/C60H106O15/c1-3-5-7-9-11-13-15-17-19-21-22-23-24-25-27-28-30-32-34-36-38-40-42-51(62)70-45-48(73-52(63)43-41-39-37-35-33-31-29-26-20-18-16-14-12-10-8-6-4-2)46-71-59-58(69)56(67)54(65)50(75-59)47-72-60-57(68)55(66)53(64)49(44-61)74-60/h6,8,12,14,18,20,29,31,48-50,53-61,64-69H,3-5,7,9-11,13,15-17,19,21-28,30,32-47H2,1-2H3/b8-6-,14-12-,20-18-,31-29-. The number of ether oxygens (including phenoxy) is 6. The number of hydrogen-bond acceptors (Lipinski definition) is 15. The molecule has 0 saturated carbocycles. The van der Waals surface area contributed by atoms with Crippen molar-refractivity contribution >= 4 is 11.9 Å². The number of aliphatic hydroxyl groups is 7. The van der Waals surface area contributed by atoms with Crippen LogP contribution in [0.25, 0.3) is 0 Å². The van der Waals surface area contributed by atoms with Crippen LogP contribution in [0.15, 0.2) is 48.6 Å². The van der Waals surface area contributed by atoms with Crippen molar-refractivity contribution in [2.75, 3.05) is 26.4 Å². The first-order valence-electron chi connectivity index (χ1n) is 29.7. The quantitative estimate of drug-likeness (QED) is 0.0171. The maximum atomic E-state index is 13.1. The lowest BCUT2D eigenvalue weighted by molar-refractivity contribution is -0.332. The predicted octanol–water partition coefficient (Wildman–Crippen LogP) is 10.2. The van der Waals surface area contributed by atoms with Crippen molar-refractivity contribution in [1.82, 2.24) is 0 Å². The average molecular weight is 1070 g/mol. The van der Waals surface area contributed by atoms with Crippen LogP contribution in [-0.2, 0) is 38.0 Å². The van der Waals surface area contributed by atoms with Crippen molar-refractivity contribution in [3.05, 3.63) is 48.6 Å². The number of esters is 2. The van der Waals surface area contributed by atoms with Gasteiger partial charge in [0.25, 0.3) is 0 Å². The summed E-state index contributed by atoms with van der Waals surface area (Å²) in [5.74, 6) is -0.945. The zero-order valence-corrected chi connectivity index (χ0v) is 46.5. The van der Waals surface area contributed by atoms with E-state index in [2.05, 4.69) is 62.5 Å². The van der Waals surface area contributed by atoms with Crippen LogP contribution in [0.3, 0.4) is 0 Å². The number of aliphatic hydroxyl groups excluding tert-OH is 7. The molecule has 11 unspecified atom stereocenters. The minimum atomic E-state index is -1.77. The summed E-state index contributed by atoms with van der Waals surface area (Å²) in [6, 6.07) is 0. The zero-order chi connectivity index (χ0) is 54.6. The molecule has 11 atom stereocenters. The van der Waals surface area contributed by atoms with Gasteiger partial charge in [-0.1, -0.05) is 210 Å². The molecule has 15 nitrogen and oxygen atoms in total. The van der Waals surface area contributed by atoms with Crippen molar-refractivity contribution in [3.63, 3.8) is 0 Å². The largest absolute Gasteiger partial charge is 0.462 e. The molecule has 0 bridgehead atoms. The minimum absolute atomic E-state index is 0.138. The molecule has 15 heteroatoms. The summed E-state index contributed by atoms with van der Waals surface area (Å²) in [6.45, 7) is 2.49. The molecule has 2 aliphatic heterocycles. The van der Waals surface area contributed by atoms with Crippen LogP contribution in [0, 0.1) is 0 Å². The fourth-order valence-electron chi connectivity index (χ4n) is 9.27. The number of rotatable bonds is 47. The minimum Gasteiger partial charge on any atom is -0.462 e. The summed E-state index contributed by atoms with van der Waals surface area (Å²) in [7, 11) is 0. The van der Waals surface area contributed by atoms with Crippen molar-refractivity contribution in [1.29, 1.82) is 0 Å². The second-order valence-electron chi connectivity index (χ2n) is 20.8. The Morgan fingerprint density at radius 2 is 0.840 bits per heavy atom. The highest BCUT2D eigenvalue weighted by Gasteiger charge is 2.47. The van der Waals surface area contributed by atoms with Crippen molar-refractivity contribution in [3.8, 4) is 0 Å². The third-order valence-electron chi connectivity index (χ3n) is 14.1. The number of unbranched alkanes of at least 4 members (excludes halogenated alkanes) is 25. The van der Waals surface area contributed by atoms with Gasteiger partial charge in [-0.3, -0.25) is 9.59 Å². The highest BCUT2D eigenvalue weighted by Crippen LogP contribution is 2.27. The molecule has 0 aromatic carbocycles. The Labute approximate surface area is 452 Å². The van der Waals surface area contributed by atoms with E-state index >= 15 is 0 Å². The molecule has 0 aliphatic carbocycles. The van der Waals surface area contributed by atoms with E-state index in [4.69, 9.17) is 28.4 Å². The molecular weight excluding hydrogens is 961 g/mol. The van der Waals surface area contributed by atoms with Gasteiger partial charge in [0.2, 0.25) is 0 Å². The molecule has 0 radical (unpaired) electrons. The third-order valence-corrected chi connectivity index (χ3v) is 14.1. The number of carbonyl (C=O) groups is 2. The number of carbonyl (C=O) groups excluding carboxylic acids is 2. The van der Waals surface area contributed by atoms with Crippen LogP contribution in [0.2, 0.25) is 0 Å². The molecule has 2 fully saturated rings. The van der Waals surface area contributed by atoms with Crippen LogP contribution in [-0.4, -0.2) is 142 Å². The summed E-state index contributed by atoms with van der Waals surface area (Å²) < 4.78 is 33.7. The predicted molar refractivity (Wildman–Crippen MR) is 293 cm³/mol. The second kappa shape index (κ2) is 46.4. The molecule has 7 N–H and O–H groups in total. The van der Waals surface area contributed by atoms with Crippen LogP contribution < -0.4 is 0 Å². The van der Waals surface area contributed by atoms with Gasteiger partial charge < -0.3 is 64.2 Å². The Morgan fingerprint density at radius 3 is 1.32 bits per heavy atom. The first kappa shape index (κ1) is 68.6. The van der Waals surface area contributed by atoms with Gasteiger partial charge in [0.15, 0.2) is 18.7 Å². The van der Waals surface area contributed by atoms with Gasteiger partial charge in [0, 0.05) is 12.8 Å². The highest BCUT2D eigenvalue weighted by molar-refractivity contribution is 5.70. The van der Waals surface area contributed by atoms with Gasteiger partial charge in [-0.15, -0.1) is 0 Å². The van der Waals surface area contributed by atoms with E-state index in [9.17, 15) is 45.3 Å². The molecule has 436 valence electrons. The Morgan fingerprint density at radius 1 is 0.440 bits per heavy atom. The van der Waals surface area contributed by atoms with Crippen LogP contribution in [0.5, 0.6) is 0 Å². The lowest BCUT2D eigenvalue weighted by atomic mass is 9.98. The normalized spacial score (nSPS) is 24.8. The summed E-state index contributed by atoms with van der Waals surface area (Å²) in [4.78, 5) is 25.9. The molecule has 2 rings (SSSR count). The van der Waals surface area contributed by atoms with Crippen molar-refractivity contribution in [2.45, 2.75) is 293 Å². The first-order chi connectivity index (χ1) is 36.5. The zero-order valence-electron chi connectivity index (χ0n) is 46.5. The molecule has 0 aromatic rings. The van der Waals surface area contributed by atoms with E-state index in [1.165, 1.54) is 116 Å². The maximum Gasteiger partial charge on any atom is 0.306 e. The summed E-state index contributed by atoms with van der Waals surface area (Å²) in [6.07, 6.45) is 37.1. The summed E-state index contributed by atoms with van der Waals surface area (Å²) in [5, 5.41) is 72.3. The van der Waals surface area contributed by atoms with E-state index < -0.39 is 99.3 Å². The first-order valence-corrected chi connectivity index (χ1v) is 29.7. The van der Waals surface area contributed by atoms with Gasteiger partial charge in [-0.05, 0) is 51.4 Å². The summed E-state index contributed by atoms with van der Waals surface area (Å²) >= 11 is 0. The monoisotopic (exact) mass is 1070 g/mol. The van der Waals surface area contributed by atoms with E-state index in [1.54, 1.807) is 0 Å². The van der Waals surface area contributed by atoms with Crippen LogP contribution >= 0.6 is 0 Å². The van der Waals surface area contributed by atoms with Gasteiger partial charge in [0.1, 0.15) is 55.4 Å². The molecule has 0 spiro atoms. The lowest BCUT2D eigenvalue weighted by Crippen LogP contribution is -2.61. The third kappa shape index (κ3) is 33.5.